The topological polar surface area (TPSA) is 121 Å². The van der Waals surface area contributed by atoms with E-state index in [1.165, 1.54) is 18.4 Å². The van der Waals surface area contributed by atoms with Crippen molar-refractivity contribution in [2.45, 2.75) is 31.5 Å². The zero-order chi connectivity index (χ0) is 24.0. The summed E-state index contributed by atoms with van der Waals surface area (Å²) in [6.07, 6.45) is -0.946. The van der Waals surface area contributed by atoms with Crippen molar-refractivity contribution < 1.29 is 36.8 Å². The SMILES string of the molecule is CC1(C2CC2)NC(=O)N(CC(=O)Nc2ccc(NC(=O)c3ccoc3)cc2C(F)(F)F)C1=O. The fourth-order valence-corrected chi connectivity index (χ4v) is 3.69. The second-order valence-electron chi connectivity index (χ2n) is 8.07. The number of carbonyl (C=O) groups is 4. The van der Waals surface area contributed by atoms with Gasteiger partial charge in [0.25, 0.3) is 11.8 Å². The van der Waals surface area contributed by atoms with Gasteiger partial charge in [-0.2, -0.15) is 13.2 Å². The van der Waals surface area contributed by atoms with Crippen molar-refractivity contribution in [1.29, 1.82) is 0 Å². The fraction of sp³-hybridized carbons (Fsp3) is 0.333. The van der Waals surface area contributed by atoms with E-state index in [0.717, 1.165) is 25.2 Å². The standard InChI is InChI=1S/C21H19F3N4O5/c1-20(12-2-3-12)18(31)28(19(32)27-20)9-16(29)26-15-5-4-13(8-14(15)21(22,23)24)25-17(30)11-6-7-33-10-11/h4-8,10,12H,2-3,9H2,1H3,(H,25,30)(H,26,29)(H,27,32). The van der Waals surface area contributed by atoms with Crippen molar-refractivity contribution in [3.8, 4) is 0 Å². The van der Waals surface area contributed by atoms with Gasteiger partial charge in [0.2, 0.25) is 5.91 Å². The average Bonchev–Trinajstić information content (AvgIpc) is 3.41. The normalized spacial score (nSPS) is 20.5. The Balaban J connectivity index is 1.49. The number of imide groups is 1. The predicted molar refractivity (Wildman–Crippen MR) is 108 cm³/mol. The number of hydrogen-bond acceptors (Lipinski definition) is 5. The summed E-state index contributed by atoms with van der Waals surface area (Å²) in [4.78, 5) is 50.0. The van der Waals surface area contributed by atoms with Gasteiger partial charge in [-0.25, -0.2) is 4.79 Å². The van der Waals surface area contributed by atoms with Crippen molar-refractivity contribution in [3.63, 3.8) is 0 Å². The number of furan rings is 1. The van der Waals surface area contributed by atoms with Gasteiger partial charge in [-0.1, -0.05) is 0 Å². The maximum atomic E-state index is 13.6. The van der Waals surface area contributed by atoms with Crippen LogP contribution in [0.4, 0.5) is 29.3 Å². The molecule has 3 N–H and O–H groups in total. The molecule has 1 aliphatic carbocycles. The molecule has 1 atom stereocenters. The van der Waals surface area contributed by atoms with E-state index in [1.807, 2.05) is 0 Å². The minimum atomic E-state index is -4.86. The Hall–Kier alpha value is -3.83. The van der Waals surface area contributed by atoms with E-state index >= 15 is 0 Å². The van der Waals surface area contributed by atoms with Crippen LogP contribution < -0.4 is 16.0 Å². The molecule has 33 heavy (non-hydrogen) atoms. The highest BCUT2D eigenvalue weighted by molar-refractivity contribution is 6.10. The van der Waals surface area contributed by atoms with Crippen LogP contribution in [-0.2, 0) is 15.8 Å². The number of hydrogen-bond donors (Lipinski definition) is 3. The lowest BCUT2D eigenvalue weighted by Crippen LogP contribution is -2.46. The van der Waals surface area contributed by atoms with E-state index in [4.69, 9.17) is 4.42 Å². The molecule has 1 aromatic heterocycles. The number of rotatable bonds is 6. The molecule has 1 unspecified atom stereocenters. The van der Waals surface area contributed by atoms with E-state index < -0.39 is 53.3 Å². The molecular weight excluding hydrogens is 445 g/mol. The molecule has 12 heteroatoms. The van der Waals surface area contributed by atoms with Gasteiger partial charge in [-0.05, 0) is 49.9 Å². The van der Waals surface area contributed by atoms with Crippen LogP contribution in [0, 0.1) is 5.92 Å². The predicted octanol–water partition coefficient (Wildman–Crippen LogP) is 3.21. The molecule has 4 rings (SSSR count). The second kappa shape index (κ2) is 7.94. The Morgan fingerprint density at radius 1 is 1.21 bits per heavy atom. The lowest BCUT2D eigenvalue weighted by Gasteiger charge is -2.21. The minimum Gasteiger partial charge on any atom is -0.472 e. The summed E-state index contributed by atoms with van der Waals surface area (Å²) >= 11 is 0. The van der Waals surface area contributed by atoms with Gasteiger partial charge in [0, 0.05) is 5.69 Å². The highest BCUT2D eigenvalue weighted by Gasteiger charge is 2.56. The van der Waals surface area contributed by atoms with Crippen LogP contribution in [0.15, 0.2) is 41.2 Å². The molecule has 2 fully saturated rings. The first-order valence-electron chi connectivity index (χ1n) is 9.98. The highest BCUT2D eigenvalue weighted by atomic mass is 19.4. The van der Waals surface area contributed by atoms with Crippen LogP contribution in [0.25, 0.3) is 0 Å². The van der Waals surface area contributed by atoms with Gasteiger partial charge in [0.15, 0.2) is 0 Å². The summed E-state index contributed by atoms with van der Waals surface area (Å²) < 4.78 is 45.6. The number of anilines is 2. The zero-order valence-corrected chi connectivity index (χ0v) is 17.3. The lowest BCUT2D eigenvalue weighted by atomic mass is 9.96. The molecule has 9 nitrogen and oxygen atoms in total. The molecule has 2 heterocycles. The van der Waals surface area contributed by atoms with Crippen molar-refractivity contribution in [1.82, 2.24) is 10.2 Å². The first kappa shape index (κ1) is 22.4. The number of urea groups is 1. The Kier molecular flexibility index (Phi) is 5.38. The lowest BCUT2D eigenvalue weighted by molar-refractivity contribution is -0.137. The second-order valence-corrected chi connectivity index (χ2v) is 8.07. The maximum absolute atomic E-state index is 13.6. The number of benzene rings is 1. The number of nitrogens with zero attached hydrogens (tertiary/aromatic N) is 1. The van der Waals surface area contributed by atoms with Crippen molar-refractivity contribution in [2.75, 3.05) is 17.2 Å². The Labute approximate surface area is 185 Å². The molecule has 5 amide bonds. The molecule has 2 aliphatic rings. The van der Waals surface area contributed by atoms with Gasteiger partial charge in [0.05, 0.1) is 23.1 Å². The summed E-state index contributed by atoms with van der Waals surface area (Å²) in [5, 5.41) is 6.99. The molecular formula is C21H19F3N4O5. The summed E-state index contributed by atoms with van der Waals surface area (Å²) in [6, 6.07) is 3.41. The van der Waals surface area contributed by atoms with Crippen LogP contribution in [0.2, 0.25) is 0 Å². The van der Waals surface area contributed by atoms with Crippen LogP contribution >= 0.6 is 0 Å². The molecule has 2 aromatic rings. The maximum Gasteiger partial charge on any atom is 0.418 e. The summed E-state index contributed by atoms with van der Waals surface area (Å²) in [6.45, 7) is 0.838. The van der Waals surface area contributed by atoms with E-state index in [2.05, 4.69) is 16.0 Å². The van der Waals surface area contributed by atoms with Crippen molar-refractivity contribution >= 4 is 35.1 Å². The van der Waals surface area contributed by atoms with E-state index in [-0.39, 0.29) is 17.2 Å². The number of alkyl halides is 3. The quantitative estimate of drug-likeness (QED) is 0.567. The molecule has 0 spiro atoms. The summed E-state index contributed by atoms with van der Waals surface area (Å²) in [5.74, 6) is -2.26. The van der Waals surface area contributed by atoms with Gasteiger partial charge < -0.3 is 20.4 Å². The average molecular weight is 464 g/mol. The first-order valence-corrected chi connectivity index (χ1v) is 9.98. The van der Waals surface area contributed by atoms with E-state index in [1.54, 1.807) is 6.92 Å². The first-order chi connectivity index (χ1) is 15.5. The van der Waals surface area contributed by atoms with Crippen LogP contribution in [0.1, 0.15) is 35.7 Å². The smallest absolute Gasteiger partial charge is 0.418 e. The van der Waals surface area contributed by atoms with Crippen molar-refractivity contribution in [2.24, 2.45) is 5.92 Å². The number of amides is 5. The van der Waals surface area contributed by atoms with Gasteiger partial charge in [-0.3, -0.25) is 19.3 Å². The Morgan fingerprint density at radius 3 is 2.55 bits per heavy atom. The third-order valence-corrected chi connectivity index (χ3v) is 5.64. The molecule has 1 aliphatic heterocycles. The van der Waals surface area contributed by atoms with Crippen LogP contribution in [0.3, 0.4) is 0 Å². The number of halogens is 3. The van der Waals surface area contributed by atoms with E-state index in [9.17, 15) is 32.3 Å². The van der Waals surface area contributed by atoms with Crippen LogP contribution in [-0.4, -0.2) is 40.7 Å². The third-order valence-electron chi connectivity index (χ3n) is 5.64. The monoisotopic (exact) mass is 464 g/mol. The largest absolute Gasteiger partial charge is 0.472 e. The number of carbonyl (C=O) groups excluding carboxylic acids is 4. The molecule has 0 radical (unpaired) electrons. The summed E-state index contributed by atoms with van der Waals surface area (Å²) in [7, 11) is 0. The van der Waals surface area contributed by atoms with Gasteiger partial charge in [-0.15, -0.1) is 0 Å². The highest BCUT2D eigenvalue weighted by Crippen LogP contribution is 2.42. The Bertz CT molecular complexity index is 1130. The summed E-state index contributed by atoms with van der Waals surface area (Å²) in [5.41, 5.74) is -2.93. The molecule has 1 saturated heterocycles. The van der Waals surface area contributed by atoms with Crippen LogP contribution in [0.5, 0.6) is 0 Å². The molecule has 1 aromatic carbocycles. The zero-order valence-electron chi connectivity index (χ0n) is 17.3. The third kappa shape index (κ3) is 4.41. The fourth-order valence-electron chi connectivity index (χ4n) is 3.69. The Morgan fingerprint density at radius 2 is 1.94 bits per heavy atom. The van der Waals surface area contributed by atoms with Gasteiger partial charge >= 0.3 is 12.2 Å². The number of nitrogens with one attached hydrogen (secondary N) is 3. The van der Waals surface area contributed by atoms with Crippen molar-refractivity contribution in [3.05, 3.63) is 47.9 Å². The molecule has 174 valence electrons. The molecule has 1 saturated carbocycles. The van der Waals surface area contributed by atoms with Gasteiger partial charge in [0.1, 0.15) is 18.3 Å². The molecule has 0 bridgehead atoms. The van der Waals surface area contributed by atoms with E-state index in [0.29, 0.717) is 11.0 Å². The minimum absolute atomic E-state index is 0.0244.